The molecule has 2 N–H and O–H groups in total. The summed E-state index contributed by atoms with van der Waals surface area (Å²) in [6, 6.07) is 3.57. The van der Waals surface area contributed by atoms with Crippen molar-refractivity contribution in [2.24, 2.45) is 0 Å². The lowest BCUT2D eigenvalue weighted by molar-refractivity contribution is 0.0929. The van der Waals surface area contributed by atoms with Gasteiger partial charge in [0, 0.05) is 25.2 Å². The van der Waals surface area contributed by atoms with Crippen molar-refractivity contribution in [1.82, 2.24) is 25.1 Å². The van der Waals surface area contributed by atoms with Gasteiger partial charge in [-0.1, -0.05) is 0 Å². The van der Waals surface area contributed by atoms with Crippen molar-refractivity contribution < 1.29 is 4.79 Å². The molecule has 2 aromatic heterocycles. The predicted octanol–water partition coefficient (Wildman–Crippen LogP) is 0.823. The third-order valence-electron chi connectivity index (χ3n) is 3.80. The molecule has 0 bridgehead atoms. The highest BCUT2D eigenvalue weighted by atomic mass is 32.2. The van der Waals surface area contributed by atoms with E-state index in [-0.39, 0.29) is 17.6 Å². The zero-order valence-corrected chi connectivity index (χ0v) is 13.0. The van der Waals surface area contributed by atoms with Crippen molar-refractivity contribution in [1.29, 1.82) is 0 Å². The third kappa shape index (κ3) is 2.92. The summed E-state index contributed by atoms with van der Waals surface area (Å²) in [5.41, 5.74) is 0.411. The molecule has 0 saturated heterocycles. The fourth-order valence-corrected chi connectivity index (χ4v) is 3.19. The minimum Gasteiger partial charge on any atom is -0.349 e. The molecule has 1 atom stereocenters. The van der Waals surface area contributed by atoms with Crippen LogP contribution in [0.1, 0.15) is 29.0 Å². The molecule has 116 valence electrons. The molecule has 1 unspecified atom stereocenters. The van der Waals surface area contributed by atoms with Gasteiger partial charge in [0.15, 0.2) is 0 Å². The molecule has 3 heterocycles. The molecular weight excluding hydrogens is 302 g/mol. The number of carbonyl (C=O) groups is 1. The Balaban J connectivity index is 1.69. The largest absolute Gasteiger partial charge is 0.349 e. The van der Waals surface area contributed by atoms with Gasteiger partial charge >= 0.3 is 5.69 Å². The van der Waals surface area contributed by atoms with Crippen molar-refractivity contribution >= 4 is 17.7 Å². The quantitative estimate of drug-likeness (QED) is 0.817. The maximum Gasteiger partial charge on any atom is 0.343 e. The van der Waals surface area contributed by atoms with Crippen LogP contribution in [-0.4, -0.2) is 38.0 Å². The van der Waals surface area contributed by atoms with Crippen LogP contribution >= 0.6 is 11.8 Å². The Morgan fingerprint density at radius 3 is 3.18 bits per heavy atom. The number of H-pyrrole nitrogens is 1. The van der Waals surface area contributed by atoms with Crippen LogP contribution in [0.3, 0.4) is 0 Å². The Morgan fingerprint density at radius 2 is 2.36 bits per heavy atom. The van der Waals surface area contributed by atoms with E-state index in [1.165, 1.54) is 11.8 Å². The van der Waals surface area contributed by atoms with Gasteiger partial charge in [-0.25, -0.2) is 14.9 Å². The topological polar surface area (TPSA) is 92.7 Å². The van der Waals surface area contributed by atoms with Crippen LogP contribution in [0.25, 0.3) is 0 Å². The number of aromatic nitrogens is 4. The van der Waals surface area contributed by atoms with Gasteiger partial charge < -0.3 is 5.32 Å². The zero-order chi connectivity index (χ0) is 15.5. The molecule has 0 fully saturated rings. The molecule has 0 saturated carbocycles. The van der Waals surface area contributed by atoms with E-state index in [2.05, 4.69) is 20.5 Å². The predicted molar refractivity (Wildman–Crippen MR) is 83.1 cm³/mol. The Bertz CT molecular complexity index is 739. The smallest absolute Gasteiger partial charge is 0.343 e. The molecule has 1 aliphatic heterocycles. The van der Waals surface area contributed by atoms with Gasteiger partial charge in [-0.2, -0.15) is 5.10 Å². The minimum atomic E-state index is -0.182. The van der Waals surface area contributed by atoms with E-state index in [9.17, 15) is 9.59 Å². The number of amides is 1. The summed E-state index contributed by atoms with van der Waals surface area (Å²) in [5.74, 6) is 0.642. The number of thioether (sulfide) groups is 1. The van der Waals surface area contributed by atoms with E-state index < -0.39 is 0 Å². The summed E-state index contributed by atoms with van der Waals surface area (Å²) in [5, 5.41) is 10.2. The molecule has 1 aliphatic rings. The molecule has 0 aromatic carbocycles. The summed E-state index contributed by atoms with van der Waals surface area (Å²) in [6.07, 6.45) is 5.74. The Hall–Kier alpha value is -2.09. The van der Waals surface area contributed by atoms with Gasteiger partial charge in [-0.15, -0.1) is 11.8 Å². The minimum absolute atomic E-state index is 0.0310. The molecule has 1 amide bonds. The van der Waals surface area contributed by atoms with E-state index in [1.54, 1.807) is 22.9 Å². The second-order valence-corrected chi connectivity index (χ2v) is 5.95. The molecule has 8 heteroatoms. The Labute approximate surface area is 131 Å². The van der Waals surface area contributed by atoms with Crippen molar-refractivity contribution in [3.05, 3.63) is 40.2 Å². The second-order valence-electron chi connectivity index (χ2n) is 5.15. The van der Waals surface area contributed by atoms with Gasteiger partial charge in [-0.05, 0) is 31.2 Å². The van der Waals surface area contributed by atoms with Gasteiger partial charge in [0.2, 0.25) is 0 Å². The lowest BCUT2D eigenvalue weighted by atomic mass is 10.1. The van der Waals surface area contributed by atoms with E-state index in [4.69, 9.17) is 0 Å². The first-order valence-corrected chi connectivity index (χ1v) is 8.35. The number of pyridine rings is 1. The lowest BCUT2D eigenvalue weighted by Gasteiger charge is -2.16. The molecule has 0 aliphatic carbocycles. The average Bonchev–Trinajstić information content (AvgIpc) is 2.77. The van der Waals surface area contributed by atoms with E-state index in [0.717, 1.165) is 17.3 Å². The fraction of sp³-hybridized carbons (Fsp3) is 0.429. The molecule has 2 aromatic rings. The fourth-order valence-electron chi connectivity index (χ4n) is 2.64. The maximum atomic E-state index is 12.4. The number of aromatic amines is 1. The molecule has 22 heavy (non-hydrogen) atoms. The number of fused-ring (bicyclic) bond motifs is 1. The summed E-state index contributed by atoms with van der Waals surface area (Å²) in [7, 11) is 0. The van der Waals surface area contributed by atoms with Gasteiger partial charge in [0.05, 0.1) is 5.56 Å². The number of carbonyl (C=O) groups excluding carboxylic acids is 1. The first-order chi connectivity index (χ1) is 10.7. The standard InChI is InChI=1S/C14H17N5O2S/c1-22-13-10(3-2-7-15-13)12(20)16-9-4-5-11-17-18-14(21)19(11)8-6-9/h2-3,7,9H,4-6,8H2,1H3,(H,16,20)(H,18,21). The SMILES string of the molecule is CSc1ncccc1C(=O)NC1CCc2n[nH]c(=O)n2CC1. The normalized spacial score (nSPS) is 17.6. The highest BCUT2D eigenvalue weighted by Gasteiger charge is 2.21. The maximum absolute atomic E-state index is 12.4. The second kappa shape index (κ2) is 6.35. The molecule has 0 spiro atoms. The van der Waals surface area contributed by atoms with E-state index in [0.29, 0.717) is 24.9 Å². The average molecular weight is 319 g/mol. The third-order valence-corrected chi connectivity index (χ3v) is 4.51. The van der Waals surface area contributed by atoms with Crippen molar-refractivity contribution in [3.8, 4) is 0 Å². The number of hydrogen-bond acceptors (Lipinski definition) is 5. The first kappa shape index (κ1) is 14.8. The van der Waals surface area contributed by atoms with E-state index in [1.807, 2.05) is 6.26 Å². The number of rotatable bonds is 3. The van der Waals surface area contributed by atoms with Crippen LogP contribution in [0.2, 0.25) is 0 Å². The van der Waals surface area contributed by atoms with Crippen molar-refractivity contribution in [3.63, 3.8) is 0 Å². The number of aryl methyl sites for hydroxylation is 1. The van der Waals surface area contributed by atoms with E-state index >= 15 is 0 Å². The molecule has 0 radical (unpaired) electrons. The van der Waals surface area contributed by atoms with Gasteiger partial charge in [0.25, 0.3) is 5.91 Å². The van der Waals surface area contributed by atoms with Crippen LogP contribution in [0.5, 0.6) is 0 Å². The summed E-state index contributed by atoms with van der Waals surface area (Å²) in [4.78, 5) is 28.2. The molecule has 3 rings (SSSR count). The number of nitrogens with zero attached hydrogens (tertiary/aromatic N) is 3. The van der Waals surface area contributed by atoms with Crippen LogP contribution in [-0.2, 0) is 13.0 Å². The highest BCUT2D eigenvalue weighted by molar-refractivity contribution is 7.98. The summed E-state index contributed by atoms with van der Waals surface area (Å²) >= 11 is 1.45. The molecule has 7 nitrogen and oxygen atoms in total. The van der Waals surface area contributed by atoms with Crippen molar-refractivity contribution in [2.45, 2.75) is 36.9 Å². The highest BCUT2D eigenvalue weighted by Crippen LogP contribution is 2.18. The van der Waals surface area contributed by atoms with Crippen LogP contribution in [0, 0.1) is 0 Å². The van der Waals surface area contributed by atoms with Gasteiger partial charge in [0.1, 0.15) is 10.9 Å². The van der Waals surface area contributed by atoms with Crippen molar-refractivity contribution in [2.75, 3.05) is 6.26 Å². The number of nitrogens with one attached hydrogen (secondary N) is 2. The first-order valence-electron chi connectivity index (χ1n) is 7.13. The summed E-state index contributed by atoms with van der Waals surface area (Å²) < 4.78 is 1.64. The van der Waals surface area contributed by atoms with Crippen LogP contribution in [0.4, 0.5) is 0 Å². The summed E-state index contributed by atoms with van der Waals surface area (Å²) in [6.45, 7) is 0.567. The number of hydrogen-bond donors (Lipinski definition) is 2. The van der Waals surface area contributed by atoms with Crippen LogP contribution in [0.15, 0.2) is 28.2 Å². The van der Waals surface area contributed by atoms with Crippen LogP contribution < -0.4 is 11.0 Å². The molecular formula is C14H17N5O2S. The lowest BCUT2D eigenvalue weighted by Crippen LogP contribution is -2.35. The monoisotopic (exact) mass is 319 g/mol. The zero-order valence-electron chi connectivity index (χ0n) is 12.2. The Kier molecular flexibility index (Phi) is 4.28. The Morgan fingerprint density at radius 1 is 1.50 bits per heavy atom. The van der Waals surface area contributed by atoms with Gasteiger partial charge in [-0.3, -0.25) is 9.36 Å².